The van der Waals surface area contributed by atoms with Gasteiger partial charge in [0.15, 0.2) is 0 Å². The van der Waals surface area contributed by atoms with Gasteiger partial charge in [-0.05, 0) is 13.8 Å². The first-order valence-corrected chi connectivity index (χ1v) is 4.41. The number of carboxylic acid groups (broad SMARTS) is 1. The molecule has 0 radical (unpaired) electrons. The van der Waals surface area contributed by atoms with Gasteiger partial charge < -0.3 is 10.4 Å². The molecule has 0 aromatic carbocycles. The number of aromatic nitrogens is 3. The van der Waals surface area contributed by atoms with Crippen molar-refractivity contribution in [2.45, 2.75) is 19.9 Å². The van der Waals surface area contributed by atoms with Gasteiger partial charge in [0, 0.05) is 6.04 Å². The number of aromatic amines is 1. The predicted octanol–water partition coefficient (Wildman–Crippen LogP) is -0.356. The summed E-state index contributed by atoms with van der Waals surface area (Å²) in [4.78, 5) is 25.7. The van der Waals surface area contributed by atoms with Crippen LogP contribution in [0.5, 0.6) is 0 Å². The number of aliphatic carboxylic acids is 1. The molecule has 7 heteroatoms. The van der Waals surface area contributed by atoms with Crippen molar-refractivity contribution < 1.29 is 14.7 Å². The van der Waals surface area contributed by atoms with Gasteiger partial charge >= 0.3 is 5.97 Å². The molecule has 3 N–H and O–H groups in total. The number of rotatable bonds is 4. The van der Waals surface area contributed by atoms with Crippen LogP contribution in [0.25, 0.3) is 0 Å². The summed E-state index contributed by atoms with van der Waals surface area (Å²) < 4.78 is 0. The smallest absolute Gasteiger partial charge is 0.308 e. The zero-order chi connectivity index (χ0) is 11.4. The van der Waals surface area contributed by atoms with Crippen LogP contribution in [-0.4, -0.2) is 38.2 Å². The van der Waals surface area contributed by atoms with Gasteiger partial charge in [0.1, 0.15) is 6.33 Å². The van der Waals surface area contributed by atoms with Crippen molar-refractivity contribution in [1.82, 2.24) is 20.5 Å². The van der Waals surface area contributed by atoms with E-state index in [-0.39, 0.29) is 5.82 Å². The van der Waals surface area contributed by atoms with Crippen LogP contribution in [0.1, 0.15) is 24.5 Å². The van der Waals surface area contributed by atoms with Crippen molar-refractivity contribution in [3.8, 4) is 0 Å². The number of nitrogens with one attached hydrogen (secondary N) is 2. The van der Waals surface area contributed by atoms with Crippen molar-refractivity contribution in [2.75, 3.05) is 0 Å². The Morgan fingerprint density at radius 3 is 2.67 bits per heavy atom. The molecule has 2 unspecified atom stereocenters. The number of nitrogens with zero attached hydrogens (tertiary/aromatic N) is 2. The van der Waals surface area contributed by atoms with Gasteiger partial charge in [-0.25, -0.2) is 4.98 Å². The third-order valence-corrected chi connectivity index (χ3v) is 2.13. The summed E-state index contributed by atoms with van der Waals surface area (Å²) in [6, 6.07) is -0.472. The minimum absolute atomic E-state index is 0.0689. The monoisotopic (exact) mass is 212 g/mol. The molecule has 0 aliphatic carbocycles. The van der Waals surface area contributed by atoms with Gasteiger partial charge in [-0.1, -0.05) is 0 Å². The summed E-state index contributed by atoms with van der Waals surface area (Å²) in [5.41, 5.74) is 0. The van der Waals surface area contributed by atoms with Crippen LogP contribution >= 0.6 is 0 Å². The Kier molecular flexibility index (Phi) is 3.37. The van der Waals surface area contributed by atoms with Crippen molar-refractivity contribution in [1.29, 1.82) is 0 Å². The number of H-pyrrole nitrogens is 1. The molecule has 0 saturated carbocycles. The Morgan fingerprint density at radius 2 is 2.20 bits per heavy atom. The van der Waals surface area contributed by atoms with Crippen molar-refractivity contribution >= 4 is 11.9 Å². The van der Waals surface area contributed by atoms with Crippen molar-refractivity contribution in [3.05, 3.63) is 12.2 Å². The normalized spacial score (nSPS) is 14.3. The number of carbonyl (C=O) groups excluding carboxylic acids is 1. The van der Waals surface area contributed by atoms with E-state index in [1.54, 1.807) is 6.92 Å². The SMILES string of the molecule is CC(NC(=O)c1ncn[nH]1)C(C)C(=O)O. The van der Waals surface area contributed by atoms with Gasteiger partial charge in [-0.15, -0.1) is 0 Å². The summed E-state index contributed by atoms with van der Waals surface area (Å²) in [5.74, 6) is -2.01. The fraction of sp³-hybridized carbons (Fsp3) is 0.500. The van der Waals surface area contributed by atoms with Crippen LogP contribution in [0.2, 0.25) is 0 Å². The molecule has 0 saturated heterocycles. The average Bonchev–Trinajstić information content (AvgIpc) is 2.68. The Labute approximate surface area is 85.9 Å². The molecular weight excluding hydrogens is 200 g/mol. The van der Waals surface area contributed by atoms with E-state index in [9.17, 15) is 9.59 Å². The Hall–Kier alpha value is -1.92. The van der Waals surface area contributed by atoms with Crippen LogP contribution < -0.4 is 5.32 Å². The second-order valence-corrected chi connectivity index (χ2v) is 3.22. The lowest BCUT2D eigenvalue weighted by molar-refractivity contribution is -0.141. The van der Waals surface area contributed by atoms with Crippen LogP contribution in [0.4, 0.5) is 0 Å². The second kappa shape index (κ2) is 4.54. The maximum Gasteiger partial charge on any atom is 0.308 e. The molecule has 7 nitrogen and oxygen atoms in total. The fourth-order valence-electron chi connectivity index (χ4n) is 0.929. The van der Waals surface area contributed by atoms with Gasteiger partial charge in [0.25, 0.3) is 5.91 Å². The fourth-order valence-corrected chi connectivity index (χ4v) is 0.929. The standard InChI is InChI=1S/C8H12N4O3/c1-4(8(14)15)5(2)11-7(13)6-9-3-10-12-6/h3-5H,1-2H3,(H,11,13)(H,14,15)(H,9,10,12). The molecule has 1 rings (SSSR count). The summed E-state index contributed by atoms with van der Waals surface area (Å²) in [6.07, 6.45) is 1.21. The lowest BCUT2D eigenvalue weighted by Gasteiger charge is -2.16. The lowest BCUT2D eigenvalue weighted by atomic mass is 10.0. The number of hydrogen-bond donors (Lipinski definition) is 3. The Bertz CT molecular complexity index is 349. The van der Waals surface area contributed by atoms with Gasteiger partial charge in [0.2, 0.25) is 5.82 Å². The summed E-state index contributed by atoms with van der Waals surface area (Å²) in [6.45, 7) is 3.14. The molecule has 1 aromatic heterocycles. The number of amides is 1. The molecular formula is C8H12N4O3. The topological polar surface area (TPSA) is 108 Å². The van der Waals surface area contributed by atoms with E-state index in [4.69, 9.17) is 5.11 Å². The Balaban J connectivity index is 2.56. The third kappa shape index (κ3) is 2.76. The van der Waals surface area contributed by atoms with Crippen LogP contribution in [0, 0.1) is 5.92 Å². The summed E-state index contributed by atoms with van der Waals surface area (Å²) >= 11 is 0. The number of hydrogen-bond acceptors (Lipinski definition) is 4. The van der Waals surface area contributed by atoms with E-state index in [0.717, 1.165) is 0 Å². The minimum Gasteiger partial charge on any atom is -0.481 e. The molecule has 1 aromatic rings. The Morgan fingerprint density at radius 1 is 1.53 bits per heavy atom. The maximum absolute atomic E-state index is 11.4. The van der Waals surface area contributed by atoms with Crippen molar-refractivity contribution in [2.24, 2.45) is 5.92 Å². The van der Waals surface area contributed by atoms with Crippen molar-refractivity contribution in [3.63, 3.8) is 0 Å². The van der Waals surface area contributed by atoms with E-state index in [1.807, 2.05) is 0 Å². The van der Waals surface area contributed by atoms with E-state index in [1.165, 1.54) is 13.3 Å². The number of carbonyl (C=O) groups is 2. The highest BCUT2D eigenvalue weighted by molar-refractivity contribution is 5.90. The molecule has 82 valence electrons. The van der Waals surface area contributed by atoms with Gasteiger partial charge in [-0.2, -0.15) is 5.10 Å². The molecule has 0 aliphatic rings. The van der Waals surface area contributed by atoms with Crippen LogP contribution in [0.15, 0.2) is 6.33 Å². The van der Waals surface area contributed by atoms with E-state index < -0.39 is 23.8 Å². The summed E-state index contributed by atoms with van der Waals surface area (Å²) in [7, 11) is 0. The highest BCUT2D eigenvalue weighted by Gasteiger charge is 2.22. The molecule has 1 amide bonds. The molecule has 0 bridgehead atoms. The average molecular weight is 212 g/mol. The van der Waals surface area contributed by atoms with Crippen LogP contribution in [0.3, 0.4) is 0 Å². The second-order valence-electron chi connectivity index (χ2n) is 3.22. The predicted molar refractivity (Wildman–Crippen MR) is 50.1 cm³/mol. The zero-order valence-corrected chi connectivity index (χ0v) is 8.39. The highest BCUT2D eigenvalue weighted by Crippen LogP contribution is 2.02. The van der Waals surface area contributed by atoms with Gasteiger partial charge in [0.05, 0.1) is 5.92 Å². The van der Waals surface area contributed by atoms with Gasteiger partial charge in [-0.3, -0.25) is 14.7 Å². The van der Waals surface area contributed by atoms with E-state index in [0.29, 0.717) is 0 Å². The first-order valence-electron chi connectivity index (χ1n) is 4.41. The molecule has 0 spiro atoms. The first kappa shape index (κ1) is 11.2. The molecule has 0 fully saturated rings. The molecule has 2 atom stereocenters. The number of carboxylic acids is 1. The van der Waals surface area contributed by atoms with E-state index in [2.05, 4.69) is 20.5 Å². The highest BCUT2D eigenvalue weighted by atomic mass is 16.4. The first-order chi connectivity index (χ1) is 7.02. The van der Waals surface area contributed by atoms with Crippen LogP contribution in [-0.2, 0) is 4.79 Å². The zero-order valence-electron chi connectivity index (χ0n) is 8.39. The quantitative estimate of drug-likeness (QED) is 0.631. The molecule has 15 heavy (non-hydrogen) atoms. The third-order valence-electron chi connectivity index (χ3n) is 2.13. The lowest BCUT2D eigenvalue weighted by Crippen LogP contribution is -2.40. The largest absolute Gasteiger partial charge is 0.481 e. The maximum atomic E-state index is 11.4. The molecule has 1 heterocycles. The molecule has 0 aliphatic heterocycles. The van der Waals surface area contributed by atoms with E-state index >= 15 is 0 Å². The summed E-state index contributed by atoms with van der Waals surface area (Å²) in [5, 5.41) is 17.1. The minimum atomic E-state index is -0.958.